The summed E-state index contributed by atoms with van der Waals surface area (Å²) in [4.78, 5) is 5.50. The zero-order valence-corrected chi connectivity index (χ0v) is 17.8. The van der Waals surface area contributed by atoms with Crippen LogP contribution in [0.15, 0.2) is 85.7 Å². The van der Waals surface area contributed by atoms with Crippen LogP contribution in [-0.4, -0.2) is 37.0 Å². The number of rotatable bonds is 10. The number of aliphatic hydroxyl groups is 1. The number of halogens is 2. The topological polar surface area (TPSA) is 47.9 Å². The van der Waals surface area contributed by atoms with E-state index in [2.05, 4.69) is 30.0 Å². The first kappa shape index (κ1) is 23.8. The lowest BCUT2D eigenvalue weighted by atomic mass is 9.82. The third-order valence-corrected chi connectivity index (χ3v) is 4.78. The third kappa shape index (κ3) is 5.77. The van der Waals surface area contributed by atoms with Gasteiger partial charge in [0.1, 0.15) is 17.2 Å². The molecule has 0 fully saturated rings. The molecule has 2 N–H and O–H groups in total. The van der Waals surface area contributed by atoms with E-state index < -0.39 is 17.2 Å². The molecule has 6 heteroatoms. The van der Waals surface area contributed by atoms with Gasteiger partial charge in [-0.15, -0.1) is 0 Å². The average molecular weight is 424 g/mol. The number of hydrogen-bond acceptors (Lipinski definition) is 3. The molecule has 162 valence electrons. The highest BCUT2D eigenvalue weighted by Gasteiger charge is 2.37. The Hall–Kier alpha value is -3.51. The van der Waals surface area contributed by atoms with Crippen molar-refractivity contribution in [3.05, 3.63) is 109 Å². The summed E-state index contributed by atoms with van der Waals surface area (Å²) in [5, 5.41) is 14.5. The minimum absolute atomic E-state index is 0.0644. The molecular weight excluding hydrogens is 396 g/mol. The molecule has 0 saturated heterocycles. The standard InChI is InChI=1S/C25H27F2N3O/c1-6-29-17-30(5)16-25(31,23-12-11-22(26)15-24(23)27)19(3)21-9-7-20(8-10-21)18(2)13-14-28-4/h6-15,17,28,31H,1-3,16H2,4-5H3/b14-13-,29-17?. The SMILES string of the molecule is C=CN=CN(C)CC(O)(C(=C)c1ccc(C(=C)/C=C\NC)cc1)c1ccc(F)cc1F. The molecule has 0 aliphatic rings. The van der Waals surface area contributed by atoms with Crippen LogP contribution in [0.1, 0.15) is 16.7 Å². The van der Waals surface area contributed by atoms with Gasteiger partial charge >= 0.3 is 0 Å². The van der Waals surface area contributed by atoms with E-state index in [-0.39, 0.29) is 17.7 Å². The van der Waals surface area contributed by atoms with Gasteiger partial charge in [-0.1, -0.05) is 44.0 Å². The smallest absolute Gasteiger partial charge is 0.135 e. The maximum Gasteiger partial charge on any atom is 0.135 e. The molecule has 1 atom stereocenters. The molecule has 1 unspecified atom stereocenters. The predicted octanol–water partition coefficient (Wildman–Crippen LogP) is 4.72. The summed E-state index contributed by atoms with van der Waals surface area (Å²) in [6.07, 6.45) is 6.40. The Morgan fingerprint density at radius 3 is 2.39 bits per heavy atom. The molecule has 0 spiro atoms. The normalized spacial score (nSPS) is 13.2. The van der Waals surface area contributed by atoms with Crippen LogP contribution in [0.25, 0.3) is 11.1 Å². The fourth-order valence-corrected chi connectivity index (χ4v) is 3.14. The first-order chi connectivity index (χ1) is 14.7. The highest BCUT2D eigenvalue weighted by Crippen LogP contribution is 2.37. The van der Waals surface area contributed by atoms with Crippen molar-refractivity contribution < 1.29 is 13.9 Å². The van der Waals surface area contributed by atoms with Crippen molar-refractivity contribution in [2.75, 3.05) is 20.6 Å². The van der Waals surface area contributed by atoms with E-state index in [1.807, 2.05) is 18.2 Å². The van der Waals surface area contributed by atoms with E-state index >= 15 is 0 Å². The van der Waals surface area contributed by atoms with Gasteiger partial charge in [-0.05, 0) is 46.7 Å². The molecule has 31 heavy (non-hydrogen) atoms. The van der Waals surface area contributed by atoms with Crippen LogP contribution >= 0.6 is 0 Å². The van der Waals surface area contributed by atoms with Crippen LogP contribution < -0.4 is 5.32 Å². The highest BCUT2D eigenvalue weighted by molar-refractivity contribution is 5.77. The molecule has 2 rings (SSSR count). The van der Waals surface area contributed by atoms with Crippen LogP contribution in [0.5, 0.6) is 0 Å². The number of nitrogens with one attached hydrogen (secondary N) is 1. The van der Waals surface area contributed by atoms with Crippen LogP contribution in [0, 0.1) is 11.6 Å². The second-order valence-corrected chi connectivity index (χ2v) is 7.05. The third-order valence-electron chi connectivity index (χ3n) is 4.78. The Morgan fingerprint density at radius 1 is 1.16 bits per heavy atom. The molecule has 0 heterocycles. The predicted molar refractivity (Wildman–Crippen MR) is 124 cm³/mol. The zero-order chi connectivity index (χ0) is 23.0. The summed E-state index contributed by atoms with van der Waals surface area (Å²) in [5.74, 6) is -1.59. The van der Waals surface area contributed by atoms with Crippen LogP contribution in [0.3, 0.4) is 0 Å². The summed E-state index contributed by atoms with van der Waals surface area (Å²) in [5.41, 5.74) is 0.628. The number of allylic oxidation sites excluding steroid dienone is 2. The van der Waals surface area contributed by atoms with Gasteiger partial charge in [0, 0.05) is 31.9 Å². The molecule has 2 aromatic carbocycles. The number of likely N-dealkylation sites (N-methyl/N-ethyl adjacent to an activating group) is 1. The summed E-state index contributed by atoms with van der Waals surface area (Å²) in [6, 6.07) is 10.3. The number of nitrogens with zero attached hydrogens (tertiary/aromatic N) is 2. The van der Waals surface area contributed by atoms with Crippen molar-refractivity contribution in [3.63, 3.8) is 0 Å². The van der Waals surface area contributed by atoms with Gasteiger partial charge in [0.05, 0.1) is 12.9 Å². The summed E-state index contributed by atoms with van der Waals surface area (Å²) < 4.78 is 28.2. The van der Waals surface area contributed by atoms with Gasteiger partial charge in [-0.25, -0.2) is 13.8 Å². The molecule has 0 bridgehead atoms. The van der Waals surface area contributed by atoms with Gasteiger partial charge in [-0.2, -0.15) is 0 Å². The largest absolute Gasteiger partial charge is 0.394 e. The van der Waals surface area contributed by atoms with Crippen LogP contribution in [0.2, 0.25) is 0 Å². The molecule has 4 nitrogen and oxygen atoms in total. The lowest BCUT2D eigenvalue weighted by Gasteiger charge is -2.34. The van der Waals surface area contributed by atoms with Crippen molar-refractivity contribution in [2.24, 2.45) is 4.99 Å². The van der Waals surface area contributed by atoms with Gasteiger partial charge in [0.2, 0.25) is 0 Å². The molecule has 2 aromatic rings. The molecule has 0 aromatic heterocycles. The number of benzene rings is 2. The molecule has 0 saturated carbocycles. The fourth-order valence-electron chi connectivity index (χ4n) is 3.14. The van der Waals surface area contributed by atoms with Gasteiger partial charge in [-0.3, -0.25) is 0 Å². The number of aliphatic imine (C=N–C) groups is 1. The molecule has 0 aliphatic carbocycles. The fraction of sp³-hybridized carbons (Fsp3) is 0.160. The Morgan fingerprint density at radius 2 is 1.81 bits per heavy atom. The quantitative estimate of drug-likeness (QED) is 0.330. The van der Waals surface area contributed by atoms with Crippen LogP contribution in [0.4, 0.5) is 8.78 Å². The summed E-state index contributed by atoms with van der Waals surface area (Å²) in [7, 11) is 3.47. The first-order valence-corrected chi connectivity index (χ1v) is 9.58. The lowest BCUT2D eigenvalue weighted by Crippen LogP contribution is -2.40. The minimum atomic E-state index is -1.84. The summed E-state index contributed by atoms with van der Waals surface area (Å²) in [6.45, 7) is 11.5. The molecular formula is C25H27F2N3O. The monoisotopic (exact) mass is 423 g/mol. The second kappa shape index (κ2) is 10.5. The van der Waals surface area contributed by atoms with Crippen molar-refractivity contribution in [1.29, 1.82) is 0 Å². The average Bonchev–Trinajstić information content (AvgIpc) is 2.75. The molecule has 0 amide bonds. The van der Waals surface area contributed by atoms with Crippen molar-refractivity contribution in [3.8, 4) is 0 Å². The van der Waals surface area contributed by atoms with E-state index in [1.165, 1.54) is 18.6 Å². The summed E-state index contributed by atoms with van der Waals surface area (Å²) >= 11 is 0. The highest BCUT2D eigenvalue weighted by atomic mass is 19.1. The van der Waals surface area contributed by atoms with E-state index in [0.717, 1.165) is 23.3 Å². The maximum absolute atomic E-state index is 14.7. The van der Waals surface area contributed by atoms with Gasteiger partial charge < -0.3 is 15.3 Å². The molecule has 0 aliphatic heterocycles. The lowest BCUT2D eigenvalue weighted by molar-refractivity contribution is 0.0772. The van der Waals surface area contributed by atoms with Crippen molar-refractivity contribution in [1.82, 2.24) is 10.2 Å². The second-order valence-electron chi connectivity index (χ2n) is 7.05. The zero-order valence-electron chi connectivity index (χ0n) is 17.8. The molecule has 0 radical (unpaired) electrons. The minimum Gasteiger partial charge on any atom is -0.394 e. The number of hydrogen-bond donors (Lipinski definition) is 2. The Kier molecular flexibility index (Phi) is 8.05. The Balaban J connectivity index is 2.46. The van der Waals surface area contributed by atoms with E-state index in [0.29, 0.717) is 5.56 Å². The maximum atomic E-state index is 14.7. The van der Waals surface area contributed by atoms with E-state index in [4.69, 9.17) is 0 Å². The van der Waals surface area contributed by atoms with E-state index in [1.54, 1.807) is 37.3 Å². The first-order valence-electron chi connectivity index (χ1n) is 9.58. The Labute approximate surface area is 182 Å². The van der Waals surface area contributed by atoms with Crippen molar-refractivity contribution >= 4 is 17.5 Å². The van der Waals surface area contributed by atoms with Gasteiger partial charge in [0.15, 0.2) is 0 Å². The van der Waals surface area contributed by atoms with Crippen molar-refractivity contribution in [2.45, 2.75) is 5.60 Å². The van der Waals surface area contributed by atoms with Gasteiger partial charge in [0.25, 0.3) is 0 Å². The van der Waals surface area contributed by atoms with E-state index in [9.17, 15) is 13.9 Å². The van der Waals surface area contributed by atoms with Crippen LogP contribution in [-0.2, 0) is 5.60 Å². The Bertz CT molecular complexity index is 1010.